The molecule has 0 saturated heterocycles. The highest BCUT2D eigenvalue weighted by Gasteiger charge is 2.40. The molecule has 0 radical (unpaired) electrons. The van der Waals surface area contributed by atoms with E-state index in [0.29, 0.717) is 58.9 Å². The topological polar surface area (TPSA) is 131 Å². The molecular weight excluding hydrogens is 763 g/mol. The molecule has 320 valence electrons. The van der Waals surface area contributed by atoms with Gasteiger partial charge in [-0.2, -0.15) is 0 Å². The summed E-state index contributed by atoms with van der Waals surface area (Å²) in [5.41, 5.74) is 3.79. The van der Waals surface area contributed by atoms with Gasteiger partial charge in [0.25, 0.3) is 0 Å². The lowest BCUT2D eigenvalue weighted by molar-refractivity contribution is -0.140. The number of carbonyl (C=O) groups is 2. The summed E-state index contributed by atoms with van der Waals surface area (Å²) in [4.78, 5) is 32.6. The van der Waals surface area contributed by atoms with E-state index in [1.165, 1.54) is 30.6 Å². The minimum Gasteiger partial charge on any atom is -0.497 e. The first-order valence-corrected chi connectivity index (χ1v) is 22.6. The Morgan fingerprint density at radius 1 is 0.847 bits per heavy atom. The molecule has 10 nitrogen and oxygen atoms in total. The minimum atomic E-state index is -1.09. The summed E-state index contributed by atoms with van der Waals surface area (Å²) in [5, 5.41) is 0.702. The van der Waals surface area contributed by atoms with Crippen molar-refractivity contribution in [1.82, 2.24) is 10.4 Å². The lowest BCUT2D eigenvalue weighted by Gasteiger charge is -2.33. The molecule has 3 aromatic carbocycles. The van der Waals surface area contributed by atoms with Crippen molar-refractivity contribution in [2.45, 2.75) is 122 Å². The Labute approximate surface area is 355 Å². The van der Waals surface area contributed by atoms with Gasteiger partial charge in [-0.3, -0.25) is 10.6 Å². The number of nitrogens with one attached hydrogen (secondary N) is 1. The average Bonchev–Trinajstić information content (AvgIpc) is 3.70. The number of aromatic nitrogens is 1. The maximum absolute atomic E-state index is 13.9. The molecule has 11 heteroatoms. The van der Waals surface area contributed by atoms with E-state index in [0.717, 1.165) is 99.6 Å². The molecule has 5 rings (SSSR count). The molecule has 0 aliphatic heterocycles. The smallest absolute Gasteiger partial charge is 0.343 e. The van der Waals surface area contributed by atoms with Crippen molar-refractivity contribution in [3.05, 3.63) is 89.5 Å². The normalized spacial score (nSPS) is 16.3. The van der Waals surface area contributed by atoms with Crippen molar-refractivity contribution < 1.29 is 33.3 Å². The van der Waals surface area contributed by atoms with E-state index in [2.05, 4.69) is 25.9 Å². The third kappa shape index (κ3) is 13.1. The van der Waals surface area contributed by atoms with Crippen LogP contribution in [0.2, 0.25) is 0 Å². The Bertz CT molecular complexity index is 1910. The summed E-state index contributed by atoms with van der Waals surface area (Å²) in [6, 6.07) is 18.0. The third-order valence-electron chi connectivity index (χ3n) is 11.4. The van der Waals surface area contributed by atoms with E-state index in [1.54, 1.807) is 55.7 Å². The molecule has 59 heavy (non-hydrogen) atoms. The van der Waals surface area contributed by atoms with Gasteiger partial charge in [0, 0.05) is 12.2 Å². The summed E-state index contributed by atoms with van der Waals surface area (Å²) in [6.07, 6.45) is 17.7. The number of hydrogen-bond donors (Lipinski definition) is 2. The standard InChI is InChI=1S/C48H65N3O7S/c1-5-8-10-13-29-48(51-49,47-50-42-27-25-39(54-4)34-44(42)59-47)41-33-40(57-45(52)36-19-17-35(18-20-36)16-9-6-2)26-28-43(41)58-46(53)37-21-23-38(24-22-37)56-32-15-12-11-14-31-55-30-7-3/h7,21-28,33-36,51H,3,5-6,8-20,29-32,49H2,1-2,4H3. The molecule has 1 saturated carbocycles. The van der Waals surface area contributed by atoms with Crippen molar-refractivity contribution in [2.24, 2.45) is 17.7 Å². The lowest BCUT2D eigenvalue weighted by Crippen LogP contribution is -2.48. The molecule has 1 aliphatic rings. The van der Waals surface area contributed by atoms with Crippen LogP contribution in [0.15, 0.2) is 73.3 Å². The zero-order valence-electron chi connectivity index (χ0n) is 35.4. The monoisotopic (exact) mass is 827 g/mol. The highest BCUT2D eigenvalue weighted by molar-refractivity contribution is 7.18. The van der Waals surface area contributed by atoms with Gasteiger partial charge >= 0.3 is 11.9 Å². The van der Waals surface area contributed by atoms with Gasteiger partial charge in [-0.1, -0.05) is 71.3 Å². The van der Waals surface area contributed by atoms with E-state index in [1.807, 2.05) is 18.2 Å². The molecule has 0 bridgehead atoms. The van der Waals surface area contributed by atoms with Crippen LogP contribution in [0, 0.1) is 11.8 Å². The Balaban J connectivity index is 1.40. The van der Waals surface area contributed by atoms with Crippen molar-refractivity contribution in [1.29, 1.82) is 0 Å². The van der Waals surface area contributed by atoms with Gasteiger partial charge in [-0.05, 0) is 118 Å². The second kappa shape index (κ2) is 24.1. The SMILES string of the molecule is C=CCOCCCCCCOc1ccc(C(=O)Oc2ccc(OC(=O)C3CCC(CCCC)CC3)cc2C(CCCCCC)(NN)c2nc3ccc(OC)cc3s2)cc1. The fourth-order valence-corrected chi connectivity index (χ4v) is 9.03. The fourth-order valence-electron chi connectivity index (χ4n) is 7.84. The van der Waals surface area contributed by atoms with Gasteiger partial charge in [-0.15, -0.1) is 17.9 Å². The van der Waals surface area contributed by atoms with E-state index >= 15 is 0 Å². The van der Waals surface area contributed by atoms with Gasteiger partial charge in [0.1, 0.15) is 33.5 Å². The fraction of sp³-hybridized carbons (Fsp3) is 0.521. The number of carbonyl (C=O) groups excluding carboxylic acids is 2. The molecule has 0 spiro atoms. The molecule has 1 aliphatic carbocycles. The number of rotatable bonds is 26. The Morgan fingerprint density at radius 3 is 2.27 bits per heavy atom. The average molecular weight is 828 g/mol. The number of nitrogens with two attached hydrogens (primary N) is 1. The number of esters is 2. The number of unbranched alkanes of at least 4 members (excludes halogenated alkanes) is 7. The first-order chi connectivity index (χ1) is 28.8. The molecule has 3 N–H and O–H groups in total. The molecule has 4 aromatic rings. The summed E-state index contributed by atoms with van der Waals surface area (Å²) >= 11 is 1.50. The van der Waals surface area contributed by atoms with E-state index < -0.39 is 11.5 Å². The van der Waals surface area contributed by atoms with Crippen LogP contribution in [0.1, 0.15) is 138 Å². The van der Waals surface area contributed by atoms with Gasteiger partial charge in [0.2, 0.25) is 0 Å². The number of thiazole rings is 1. The first-order valence-electron chi connectivity index (χ1n) is 21.8. The van der Waals surface area contributed by atoms with Crippen LogP contribution in [0.3, 0.4) is 0 Å². The Hall–Kier alpha value is -4.29. The molecule has 0 amide bonds. The second-order valence-corrected chi connectivity index (χ2v) is 16.7. The molecule has 1 unspecified atom stereocenters. The van der Waals surface area contributed by atoms with E-state index in [4.69, 9.17) is 34.5 Å². The molecular formula is C48H65N3O7S. The number of hydrogen-bond acceptors (Lipinski definition) is 11. The summed E-state index contributed by atoms with van der Waals surface area (Å²) in [7, 11) is 1.64. The third-order valence-corrected chi connectivity index (χ3v) is 12.5. The second-order valence-electron chi connectivity index (χ2n) is 15.7. The van der Waals surface area contributed by atoms with Crippen LogP contribution in [0.25, 0.3) is 10.2 Å². The summed E-state index contributed by atoms with van der Waals surface area (Å²) in [5.74, 6) is 8.45. The quantitative estimate of drug-likeness (QED) is 0.0157. The Morgan fingerprint density at radius 2 is 1.56 bits per heavy atom. The van der Waals surface area contributed by atoms with E-state index in [-0.39, 0.29) is 11.9 Å². The zero-order valence-corrected chi connectivity index (χ0v) is 36.3. The predicted molar refractivity (Wildman–Crippen MR) is 236 cm³/mol. The van der Waals surface area contributed by atoms with Crippen LogP contribution in [0.5, 0.6) is 23.0 Å². The largest absolute Gasteiger partial charge is 0.497 e. The minimum absolute atomic E-state index is 0.154. The van der Waals surface area contributed by atoms with Crippen molar-refractivity contribution in [3.8, 4) is 23.0 Å². The number of fused-ring (bicyclic) bond motifs is 1. The maximum atomic E-state index is 13.9. The maximum Gasteiger partial charge on any atom is 0.343 e. The van der Waals surface area contributed by atoms with Gasteiger partial charge in [0.05, 0.1) is 42.0 Å². The van der Waals surface area contributed by atoms with Crippen LogP contribution in [0.4, 0.5) is 0 Å². The Kier molecular flexibility index (Phi) is 18.7. The number of hydrazine groups is 1. The van der Waals surface area contributed by atoms with Gasteiger partial charge < -0.3 is 23.7 Å². The lowest BCUT2D eigenvalue weighted by atomic mass is 9.80. The summed E-state index contributed by atoms with van der Waals surface area (Å²) < 4.78 is 30.3. The number of benzene rings is 3. The van der Waals surface area contributed by atoms with Crippen LogP contribution < -0.4 is 30.2 Å². The van der Waals surface area contributed by atoms with Crippen molar-refractivity contribution in [3.63, 3.8) is 0 Å². The molecule has 1 heterocycles. The van der Waals surface area contributed by atoms with Crippen molar-refractivity contribution in [2.75, 3.05) is 26.9 Å². The van der Waals surface area contributed by atoms with Crippen LogP contribution in [-0.4, -0.2) is 43.9 Å². The van der Waals surface area contributed by atoms with E-state index in [9.17, 15) is 9.59 Å². The van der Waals surface area contributed by atoms with Gasteiger partial charge in [0.15, 0.2) is 0 Å². The van der Waals surface area contributed by atoms with Crippen LogP contribution >= 0.6 is 11.3 Å². The number of methoxy groups -OCH3 is 1. The predicted octanol–water partition coefficient (Wildman–Crippen LogP) is 11.2. The van der Waals surface area contributed by atoms with Gasteiger partial charge in [-0.25, -0.2) is 15.2 Å². The summed E-state index contributed by atoms with van der Waals surface area (Å²) in [6.45, 7) is 9.98. The molecule has 1 aromatic heterocycles. The highest BCUT2D eigenvalue weighted by atomic mass is 32.1. The molecule has 1 fully saturated rings. The molecule has 1 atom stereocenters. The highest BCUT2D eigenvalue weighted by Crippen LogP contribution is 2.45. The first kappa shape index (κ1) is 45.8. The van der Waals surface area contributed by atoms with Crippen molar-refractivity contribution >= 4 is 33.5 Å². The number of nitrogens with zero attached hydrogens (tertiary/aromatic N) is 1. The zero-order chi connectivity index (χ0) is 41.9. The van der Waals surface area contributed by atoms with Crippen LogP contribution in [-0.2, 0) is 15.1 Å². The number of ether oxygens (including phenoxy) is 5.